The molecule has 2 aromatic carbocycles. The maximum absolute atomic E-state index is 12.4. The number of carbonyl (C=O) groups is 1. The number of benzene rings is 2. The van der Waals surface area contributed by atoms with Gasteiger partial charge >= 0.3 is 0 Å². The van der Waals surface area contributed by atoms with Crippen LogP contribution in [0.3, 0.4) is 0 Å². The van der Waals surface area contributed by atoms with E-state index in [-0.39, 0.29) is 11.3 Å². The van der Waals surface area contributed by atoms with Crippen molar-refractivity contribution < 1.29 is 9.53 Å². The van der Waals surface area contributed by atoms with Crippen LogP contribution in [0.15, 0.2) is 53.0 Å². The van der Waals surface area contributed by atoms with Crippen molar-refractivity contribution in [2.45, 2.75) is 31.1 Å². The van der Waals surface area contributed by atoms with E-state index in [4.69, 9.17) is 4.74 Å². The monoisotopic (exact) mass is 387 g/mol. The van der Waals surface area contributed by atoms with E-state index in [0.717, 1.165) is 23.1 Å². The van der Waals surface area contributed by atoms with Crippen molar-refractivity contribution in [1.82, 2.24) is 5.32 Å². The summed E-state index contributed by atoms with van der Waals surface area (Å²) in [5, 5.41) is 3.14. The third kappa shape index (κ3) is 3.64. The van der Waals surface area contributed by atoms with Crippen molar-refractivity contribution >= 4 is 21.8 Å². The van der Waals surface area contributed by atoms with Gasteiger partial charge in [0.15, 0.2) is 0 Å². The smallest absolute Gasteiger partial charge is 0.251 e. The SMILES string of the molecule is COc1ccc(C2(CNC(=O)c3ccc(Br)cc3)CCCC2)cc1. The zero-order chi connectivity index (χ0) is 17.0. The average molecular weight is 388 g/mol. The topological polar surface area (TPSA) is 38.3 Å². The number of halogens is 1. The Balaban J connectivity index is 1.73. The predicted molar refractivity (Wildman–Crippen MR) is 99.6 cm³/mol. The van der Waals surface area contributed by atoms with Gasteiger partial charge in [0.05, 0.1) is 7.11 Å². The Kier molecular flexibility index (Phi) is 5.24. The molecule has 0 bridgehead atoms. The van der Waals surface area contributed by atoms with Crippen LogP contribution in [0.1, 0.15) is 41.6 Å². The third-order valence-electron chi connectivity index (χ3n) is 4.96. The number of hydrogen-bond donors (Lipinski definition) is 1. The molecule has 126 valence electrons. The molecule has 0 atom stereocenters. The van der Waals surface area contributed by atoms with Crippen LogP contribution in [0.5, 0.6) is 5.75 Å². The minimum Gasteiger partial charge on any atom is -0.497 e. The summed E-state index contributed by atoms with van der Waals surface area (Å²) in [6, 6.07) is 15.7. The molecule has 1 aliphatic carbocycles. The molecular formula is C20H22BrNO2. The highest BCUT2D eigenvalue weighted by atomic mass is 79.9. The molecule has 0 spiro atoms. The van der Waals surface area contributed by atoms with E-state index in [1.165, 1.54) is 18.4 Å². The Morgan fingerprint density at radius 2 is 1.71 bits per heavy atom. The minimum absolute atomic E-state index is 0.0118. The first-order valence-corrected chi connectivity index (χ1v) is 9.11. The zero-order valence-electron chi connectivity index (χ0n) is 13.8. The van der Waals surface area contributed by atoms with E-state index < -0.39 is 0 Å². The Hall–Kier alpha value is -1.81. The van der Waals surface area contributed by atoms with Gasteiger partial charge in [-0.15, -0.1) is 0 Å². The van der Waals surface area contributed by atoms with Gasteiger partial charge in [-0.2, -0.15) is 0 Å². The highest BCUT2D eigenvalue weighted by Gasteiger charge is 2.35. The van der Waals surface area contributed by atoms with E-state index in [1.54, 1.807) is 7.11 Å². The van der Waals surface area contributed by atoms with Crippen molar-refractivity contribution in [2.75, 3.05) is 13.7 Å². The molecule has 24 heavy (non-hydrogen) atoms. The largest absolute Gasteiger partial charge is 0.497 e. The zero-order valence-corrected chi connectivity index (χ0v) is 15.4. The molecule has 4 heteroatoms. The fourth-order valence-corrected chi connectivity index (χ4v) is 3.78. The molecule has 1 amide bonds. The number of methoxy groups -OCH3 is 1. The summed E-state index contributed by atoms with van der Waals surface area (Å²) in [6.07, 6.45) is 4.64. The minimum atomic E-state index is -0.0118. The van der Waals surface area contributed by atoms with Crippen molar-refractivity contribution in [1.29, 1.82) is 0 Å². The van der Waals surface area contributed by atoms with E-state index in [0.29, 0.717) is 12.1 Å². The fourth-order valence-electron chi connectivity index (χ4n) is 3.52. The lowest BCUT2D eigenvalue weighted by molar-refractivity contribution is 0.0943. The van der Waals surface area contributed by atoms with E-state index >= 15 is 0 Å². The first kappa shape index (κ1) is 17.0. The van der Waals surface area contributed by atoms with Crippen LogP contribution in [-0.4, -0.2) is 19.6 Å². The maximum Gasteiger partial charge on any atom is 0.251 e. The Labute approximate surface area is 151 Å². The summed E-state index contributed by atoms with van der Waals surface area (Å²) < 4.78 is 6.23. The number of rotatable bonds is 5. The Morgan fingerprint density at radius 1 is 1.08 bits per heavy atom. The highest BCUT2D eigenvalue weighted by molar-refractivity contribution is 9.10. The van der Waals surface area contributed by atoms with Gasteiger partial charge in [-0.1, -0.05) is 40.9 Å². The van der Waals surface area contributed by atoms with Gasteiger partial charge in [0.1, 0.15) is 5.75 Å². The third-order valence-corrected chi connectivity index (χ3v) is 5.49. The maximum atomic E-state index is 12.4. The van der Waals surface area contributed by atoms with Crippen molar-refractivity contribution in [3.05, 3.63) is 64.1 Å². The van der Waals surface area contributed by atoms with Crippen LogP contribution in [0.4, 0.5) is 0 Å². The normalized spacial score (nSPS) is 15.9. The number of amides is 1. The molecular weight excluding hydrogens is 366 g/mol. The summed E-state index contributed by atoms with van der Waals surface area (Å²) in [5.41, 5.74) is 2.02. The van der Waals surface area contributed by atoms with Gasteiger partial charge in [0.2, 0.25) is 0 Å². The van der Waals surface area contributed by atoms with Crippen LogP contribution >= 0.6 is 15.9 Å². The van der Waals surface area contributed by atoms with Crippen LogP contribution in [0.25, 0.3) is 0 Å². The second kappa shape index (κ2) is 7.39. The predicted octanol–water partition coefficient (Wildman–Crippen LogP) is 4.70. The lowest BCUT2D eigenvalue weighted by atomic mass is 9.78. The molecule has 3 rings (SSSR count). The van der Waals surface area contributed by atoms with Gasteiger partial charge in [0.25, 0.3) is 5.91 Å². The van der Waals surface area contributed by atoms with Crippen molar-refractivity contribution in [2.24, 2.45) is 0 Å². The molecule has 0 aromatic heterocycles. The quantitative estimate of drug-likeness (QED) is 0.807. The Morgan fingerprint density at radius 3 is 2.29 bits per heavy atom. The van der Waals surface area contributed by atoms with E-state index in [2.05, 4.69) is 33.4 Å². The molecule has 0 aliphatic heterocycles. The van der Waals surface area contributed by atoms with Gasteiger partial charge in [-0.3, -0.25) is 4.79 Å². The number of nitrogens with one attached hydrogen (secondary N) is 1. The van der Waals surface area contributed by atoms with Crippen molar-refractivity contribution in [3.8, 4) is 5.75 Å². The molecule has 1 fully saturated rings. The van der Waals surface area contributed by atoms with Crippen LogP contribution in [-0.2, 0) is 5.41 Å². The second-order valence-electron chi connectivity index (χ2n) is 6.41. The van der Waals surface area contributed by atoms with Gasteiger partial charge in [-0.25, -0.2) is 0 Å². The lowest BCUT2D eigenvalue weighted by Crippen LogP contribution is -2.39. The van der Waals surface area contributed by atoms with Crippen LogP contribution in [0, 0.1) is 0 Å². The summed E-state index contributed by atoms with van der Waals surface area (Å²) in [6.45, 7) is 0.675. The first-order chi connectivity index (χ1) is 11.6. The van der Waals surface area contributed by atoms with Crippen molar-refractivity contribution in [3.63, 3.8) is 0 Å². The molecule has 0 unspecified atom stereocenters. The van der Waals surface area contributed by atoms with Gasteiger partial charge in [-0.05, 0) is 54.8 Å². The fraction of sp³-hybridized carbons (Fsp3) is 0.350. The molecule has 0 radical (unpaired) electrons. The summed E-state index contributed by atoms with van der Waals surface area (Å²) in [5.74, 6) is 0.855. The highest BCUT2D eigenvalue weighted by Crippen LogP contribution is 2.41. The molecule has 1 N–H and O–H groups in total. The Bertz CT molecular complexity index is 689. The van der Waals surface area contributed by atoms with E-state index in [9.17, 15) is 4.79 Å². The second-order valence-corrected chi connectivity index (χ2v) is 7.32. The average Bonchev–Trinajstić information content (AvgIpc) is 3.10. The standard InChI is InChI=1S/C20H22BrNO2/c1-24-18-10-6-16(7-11-18)20(12-2-3-13-20)14-22-19(23)15-4-8-17(21)9-5-15/h4-11H,2-3,12-14H2,1H3,(H,22,23). The van der Waals surface area contributed by atoms with Gasteiger partial charge < -0.3 is 10.1 Å². The number of carbonyl (C=O) groups excluding carboxylic acids is 1. The molecule has 0 heterocycles. The van der Waals surface area contributed by atoms with Gasteiger partial charge in [0, 0.05) is 22.0 Å². The number of ether oxygens (including phenoxy) is 1. The molecule has 1 saturated carbocycles. The molecule has 0 saturated heterocycles. The van der Waals surface area contributed by atoms with Crippen LogP contribution < -0.4 is 10.1 Å². The molecule has 2 aromatic rings. The van der Waals surface area contributed by atoms with E-state index in [1.807, 2.05) is 36.4 Å². The summed E-state index contributed by atoms with van der Waals surface area (Å²) in [4.78, 5) is 12.4. The lowest BCUT2D eigenvalue weighted by Gasteiger charge is -2.30. The molecule has 1 aliphatic rings. The number of hydrogen-bond acceptors (Lipinski definition) is 2. The first-order valence-electron chi connectivity index (χ1n) is 8.31. The summed E-state index contributed by atoms with van der Waals surface area (Å²) >= 11 is 3.40. The molecule has 3 nitrogen and oxygen atoms in total. The van der Waals surface area contributed by atoms with Crippen LogP contribution in [0.2, 0.25) is 0 Å². The summed E-state index contributed by atoms with van der Waals surface area (Å²) in [7, 11) is 1.68.